The van der Waals surface area contributed by atoms with E-state index in [2.05, 4.69) is 26.0 Å². The van der Waals surface area contributed by atoms with Crippen molar-refractivity contribution in [3.63, 3.8) is 0 Å². The van der Waals surface area contributed by atoms with Crippen molar-refractivity contribution in [2.45, 2.75) is 71.3 Å². The van der Waals surface area contributed by atoms with E-state index in [1.165, 1.54) is 16.7 Å². The van der Waals surface area contributed by atoms with Crippen molar-refractivity contribution in [1.82, 2.24) is 0 Å². The van der Waals surface area contributed by atoms with Crippen LogP contribution in [0.4, 0.5) is 0 Å². The second-order valence-electron chi connectivity index (χ2n) is 10.4. The molecule has 5 aliphatic carbocycles. The maximum atomic E-state index is 13.5. The lowest BCUT2D eigenvalue weighted by Gasteiger charge is -2.54. The molecule has 2 saturated carbocycles. The number of ketones is 2. The smallest absolute Gasteiger partial charge is 0.147 e. The first-order valence-corrected chi connectivity index (χ1v) is 11.7. The molecule has 5 heteroatoms. The molecule has 0 aromatic heterocycles. The predicted octanol–water partition coefficient (Wildman–Crippen LogP) is 4.47. The highest BCUT2D eigenvalue weighted by atomic mass is 16.7. The Labute approximate surface area is 184 Å². The topological polar surface area (TPSA) is 61.8 Å². The maximum absolute atomic E-state index is 13.5. The number of hydrogen-bond donors (Lipinski definition) is 0. The minimum atomic E-state index is -0.397. The van der Waals surface area contributed by atoms with Crippen LogP contribution >= 0.6 is 0 Å². The standard InChI is InChI=1S/C26H34O5/c1-24-10-8-21-20-6-4-17-14-18(27)5-7-19(17)25(20,2)23(31-16-30-13-12-29-3)15-26(21,24)22(28)9-11-24/h4,6,23H,5,7-16H2,1-3H3/t23-,24+,25-,26-/m1/s1. The largest absolute Gasteiger partial charge is 0.382 e. The van der Waals surface area contributed by atoms with E-state index in [1.807, 2.05) is 0 Å². The number of ether oxygens (including phenoxy) is 3. The van der Waals surface area contributed by atoms with E-state index >= 15 is 0 Å². The fourth-order valence-corrected chi connectivity index (χ4v) is 7.41. The Hall–Kier alpha value is -1.56. The molecule has 5 rings (SSSR count). The molecule has 0 bridgehead atoms. The molecule has 2 fully saturated rings. The number of hydrogen-bond acceptors (Lipinski definition) is 5. The third kappa shape index (κ3) is 2.86. The highest BCUT2D eigenvalue weighted by Gasteiger charge is 2.68. The SMILES string of the molecule is COCCOCO[C@@H]1C[C@@]23C(=O)CC[C@]2(C)CCC3=C2C=CC3=C(CCC(=O)C3)[C@]21C. The molecule has 1 spiro atoms. The van der Waals surface area contributed by atoms with Crippen molar-refractivity contribution in [1.29, 1.82) is 0 Å². The zero-order chi connectivity index (χ0) is 21.9. The first-order chi connectivity index (χ1) is 14.9. The van der Waals surface area contributed by atoms with Gasteiger partial charge in [-0.25, -0.2) is 0 Å². The Morgan fingerprint density at radius 2 is 1.81 bits per heavy atom. The van der Waals surface area contributed by atoms with Gasteiger partial charge >= 0.3 is 0 Å². The van der Waals surface area contributed by atoms with E-state index in [4.69, 9.17) is 14.2 Å². The molecular formula is C26H34O5. The molecule has 0 N–H and O–H groups in total. The second kappa shape index (κ2) is 7.50. The summed E-state index contributed by atoms with van der Waals surface area (Å²) >= 11 is 0. The van der Waals surface area contributed by atoms with Crippen LogP contribution in [-0.4, -0.2) is 44.8 Å². The van der Waals surface area contributed by atoms with E-state index in [9.17, 15) is 9.59 Å². The summed E-state index contributed by atoms with van der Waals surface area (Å²) in [5.41, 5.74) is 4.47. The van der Waals surface area contributed by atoms with Gasteiger partial charge in [-0.3, -0.25) is 9.59 Å². The van der Waals surface area contributed by atoms with Gasteiger partial charge in [0.2, 0.25) is 0 Å². The van der Waals surface area contributed by atoms with Crippen molar-refractivity contribution in [3.05, 3.63) is 34.4 Å². The van der Waals surface area contributed by atoms with Gasteiger partial charge < -0.3 is 14.2 Å². The highest BCUT2D eigenvalue weighted by Crippen LogP contribution is 2.71. The van der Waals surface area contributed by atoms with Gasteiger partial charge in [0.25, 0.3) is 0 Å². The maximum Gasteiger partial charge on any atom is 0.147 e. The van der Waals surface area contributed by atoms with E-state index in [1.54, 1.807) is 7.11 Å². The van der Waals surface area contributed by atoms with Gasteiger partial charge in [0.05, 0.1) is 24.7 Å². The molecule has 0 heterocycles. The number of carbonyl (C=O) groups excluding carboxylic acids is 2. The van der Waals surface area contributed by atoms with E-state index < -0.39 is 5.41 Å². The molecule has 5 nitrogen and oxygen atoms in total. The van der Waals surface area contributed by atoms with Crippen LogP contribution in [0.3, 0.4) is 0 Å². The Bertz CT molecular complexity index is 911. The molecule has 4 atom stereocenters. The monoisotopic (exact) mass is 426 g/mol. The van der Waals surface area contributed by atoms with Gasteiger partial charge in [-0.05, 0) is 55.6 Å². The molecule has 0 amide bonds. The molecule has 0 aromatic carbocycles. The van der Waals surface area contributed by atoms with Gasteiger partial charge in [-0.15, -0.1) is 0 Å². The molecule has 0 aliphatic heterocycles. The van der Waals surface area contributed by atoms with Crippen LogP contribution in [0.25, 0.3) is 0 Å². The van der Waals surface area contributed by atoms with Crippen LogP contribution in [0.15, 0.2) is 34.4 Å². The van der Waals surface area contributed by atoms with Gasteiger partial charge in [0, 0.05) is 31.8 Å². The minimum Gasteiger partial charge on any atom is -0.382 e. The molecule has 31 heavy (non-hydrogen) atoms. The van der Waals surface area contributed by atoms with Gasteiger partial charge in [0.15, 0.2) is 0 Å². The van der Waals surface area contributed by atoms with Crippen LogP contribution in [-0.2, 0) is 23.8 Å². The number of rotatable bonds is 6. The van der Waals surface area contributed by atoms with Crippen molar-refractivity contribution in [3.8, 4) is 0 Å². The van der Waals surface area contributed by atoms with E-state index in [-0.39, 0.29) is 23.7 Å². The fraction of sp³-hybridized carbons (Fsp3) is 0.692. The second-order valence-corrected chi connectivity index (χ2v) is 10.4. The lowest BCUT2D eigenvalue weighted by atomic mass is 9.51. The molecule has 0 unspecified atom stereocenters. The summed E-state index contributed by atoms with van der Waals surface area (Å²) < 4.78 is 17.2. The lowest BCUT2D eigenvalue weighted by molar-refractivity contribution is -0.148. The van der Waals surface area contributed by atoms with Crippen molar-refractivity contribution in [2.24, 2.45) is 16.2 Å². The Kier molecular flexibility index (Phi) is 5.15. The fourth-order valence-electron chi connectivity index (χ4n) is 7.41. The summed E-state index contributed by atoms with van der Waals surface area (Å²) in [6.45, 7) is 5.81. The van der Waals surface area contributed by atoms with Crippen molar-refractivity contribution in [2.75, 3.05) is 27.1 Å². The van der Waals surface area contributed by atoms with Crippen LogP contribution < -0.4 is 0 Å². The molecule has 0 saturated heterocycles. The van der Waals surface area contributed by atoms with Gasteiger partial charge in [-0.2, -0.15) is 0 Å². The summed E-state index contributed by atoms with van der Waals surface area (Å²) in [7, 11) is 1.66. The summed E-state index contributed by atoms with van der Waals surface area (Å²) in [6.07, 6.45) is 10.6. The molecule has 5 aliphatic rings. The molecule has 168 valence electrons. The molecule has 0 aromatic rings. The lowest BCUT2D eigenvalue weighted by Crippen LogP contribution is -2.52. The first kappa shape index (κ1) is 21.3. The number of fused-ring (bicyclic) bond motifs is 2. The average molecular weight is 427 g/mol. The van der Waals surface area contributed by atoms with Crippen molar-refractivity contribution < 1.29 is 23.8 Å². The predicted molar refractivity (Wildman–Crippen MR) is 116 cm³/mol. The minimum absolute atomic E-state index is 0.0251. The quantitative estimate of drug-likeness (QED) is 0.463. The summed E-state index contributed by atoms with van der Waals surface area (Å²) in [5.74, 6) is 0.716. The first-order valence-electron chi connectivity index (χ1n) is 11.7. The number of methoxy groups -OCH3 is 1. The van der Waals surface area contributed by atoms with Crippen LogP contribution in [0.1, 0.15) is 65.2 Å². The Morgan fingerprint density at radius 3 is 2.61 bits per heavy atom. The third-order valence-electron chi connectivity index (χ3n) is 9.16. The van der Waals surface area contributed by atoms with Crippen LogP contribution in [0.5, 0.6) is 0 Å². The summed E-state index contributed by atoms with van der Waals surface area (Å²) in [5, 5.41) is 0. The van der Waals surface area contributed by atoms with Crippen LogP contribution in [0.2, 0.25) is 0 Å². The van der Waals surface area contributed by atoms with E-state index in [0.29, 0.717) is 44.0 Å². The number of carbonyl (C=O) groups is 2. The molecular weight excluding hydrogens is 392 g/mol. The normalized spacial score (nSPS) is 39.0. The summed E-state index contributed by atoms with van der Waals surface area (Å²) in [6, 6.07) is 0. The zero-order valence-corrected chi connectivity index (χ0v) is 19.1. The Balaban J connectivity index is 1.59. The van der Waals surface area contributed by atoms with Gasteiger partial charge in [0.1, 0.15) is 18.4 Å². The number of allylic oxidation sites excluding steroid dienone is 4. The third-order valence-corrected chi connectivity index (χ3v) is 9.16. The number of Topliss-reactive ketones (excluding diaryl/α,β-unsaturated/α-hetero) is 2. The van der Waals surface area contributed by atoms with Crippen LogP contribution in [0, 0.1) is 16.2 Å². The van der Waals surface area contributed by atoms with E-state index in [0.717, 1.165) is 37.7 Å². The average Bonchev–Trinajstić information content (AvgIpc) is 3.17. The zero-order valence-electron chi connectivity index (χ0n) is 19.1. The molecule has 0 radical (unpaired) electrons. The van der Waals surface area contributed by atoms with Gasteiger partial charge in [-0.1, -0.05) is 30.2 Å². The van der Waals surface area contributed by atoms with Crippen molar-refractivity contribution >= 4 is 11.6 Å². The highest BCUT2D eigenvalue weighted by molar-refractivity contribution is 5.93. The summed E-state index contributed by atoms with van der Waals surface area (Å²) in [4.78, 5) is 25.6. The Morgan fingerprint density at radius 1 is 1.00 bits per heavy atom.